The first-order valence-electron chi connectivity index (χ1n) is 4.98. The van der Waals surface area contributed by atoms with Crippen molar-refractivity contribution in [2.24, 2.45) is 5.73 Å². The van der Waals surface area contributed by atoms with Crippen LogP contribution in [0.2, 0.25) is 0 Å². The highest BCUT2D eigenvalue weighted by molar-refractivity contribution is 7.99. The normalized spacial score (nSPS) is 12.6. The van der Waals surface area contributed by atoms with Crippen LogP contribution in [0.1, 0.15) is 15.7 Å². The molecule has 0 aliphatic carbocycles. The van der Waals surface area contributed by atoms with Crippen LogP contribution in [-0.4, -0.2) is 16.5 Å². The fourth-order valence-corrected chi connectivity index (χ4v) is 3.57. The largest absolute Gasteiger partial charge is 0.329 e. The molecular weight excluding hydrogens is 238 g/mol. The van der Waals surface area contributed by atoms with Crippen molar-refractivity contribution in [3.63, 3.8) is 0 Å². The van der Waals surface area contributed by atoms with E-state index in [1.807, 2.05) is 0 Å². The minimum atomic E-state index is 0.275. The molecule has 2 rings (SSSR count). The van der Waals surface area contributed by atoms with Crippen molar-refractivity contribution in [3.05, 3.63) is 40.5 Å². The van der Waals surface area contributed by atoms with Gasteiger partial charge in [0.05, 0.1) is 11.4 Å². The molecule has 0 radical (unpaired) electrons. The average molecular weight is 251 g/mol. The third-order valence-corrected chi connectivity index (χ3v) is 4.66. The highest BCUT2D eigenvalue weighted by atomic mass is 32.2. The lowest BCUT2D eigenvalue weighted by Crippen LogP contribution is -2.09. The Labute approximate surface area is 103 Å². The molecule has 0 spiro atoms. The number of thiophene rings is 1. The standard InChI is InChI=1S/C11H13N3S2/c1-8-2-5-15-11(8)9(6-12)16-10-7-13-3-4-14-10/h2-5,7,9H,6,12H2,1H3. The van der Waals surface area contributed by atoms with Gasteiger partial charge in [0.25, 0.3) is 0 Å². The molecule has 0 aromatic carbocycles. The highest BCUT2D eigenvalue weighted by Crippen LogP contribution is 2.37. The summed E-state index contributed by atoms with van der Waals surface area (Å²) in [6.07, 6.45) is 5.16. The lowest BCUT2D eigenvalue weighted by Gasteiger charge is -2.12. The lowest BCUT2D eigenvalue weighted by molar-refractivity contribution is 0.941. The second kappa shape index (κ2) is 5.43. The summed E-state index contributed by atoms with van der Waals surface area (Å²) < 4.78 is 0. The first-order valence-corrected chi connectivity index (χ1v) is 6.74. The smallest absolute Gasteiger partial charge is 0.115 e. The molecule has 2 aromatic heterocycles. The van der Waals surface area contributed by atoms with E-state index in [-0.39, 0.29) is 5.25 Å². The van der Waals surface area contributed by atoms with Gasteiger partial charge in [0.15, 0.2) is 0 Å². The van der Waals surface area contributed by atoms with Crippen LogP contribution < -0.4 is 5.73 Å². The molecule has 0 bridgehead atoms. The Balaban J connectivity index is 2.16. The molecule has 2 heterocycles. The highest BCUT2D eigenvalue weighted by Gasteiger charge is 2.15. The third-order valence-electron chi connectivity index (χ3n) is 2.21. The van der Waals surface area contributed by atoms with Crippen molar-refractivity contribution in [1.29, 1.82) is 0 Å². The molecule has 16 heavy (non-hydrogen) atoms. The number of nitrogens with two attached hydrogens (primary N) is 1. The van der Waals surface area contributed by atoms with Crippen LogP contribution in [0.4, 0.5) is 0 Å². The van der Waals surface area contributed by atoms with Gasteiger partial charge in [0.2, 0.25) is 0 Å². The Hall–Kier alpha value is -0.910. The van der Waals surface area contributed by atoms with Gasteiger partial charge in [-0.25, -0.2) is 4.98 Å². The Kier molecular flexibility index (Phi) is 3.93. The predicted molar refractivity (Wildman–Crippen MR) is 68.7 cm³/mol. The number of aromatic nitrogens is 2. The monoisotopic (exact) mass is 251 g/mol. The maximum Gasteiger partial charge on any atom is 0.115 e. The average Bonchev–Trinajstić information content (AvgIpc) is 2.74. The first kappa shape index (κ1) is 11.6. The van der Waals surface area contributed by atoms with Gasteiger partial charge < -0.3 is 5.73 Å². The Morgan fingerprint density at radius 2 is 2.38 bits per heavy atom. The molecule has 2 aromatic rings. The van der Waals surface area contributed by atoms with Gasteiger partial charge in [0.1, 0.15) is 5.03 Å². The molecule has 0 saturated carbocycles. The van der Waals surface area contributed by atoms with E-state index in [2.05, 4.69) is 28.3 Å². The van der Waals surface area contributed by atoms with Gasteiger partial charge in [-0.2, -0.15) is 0 Å². The van der Waals surface area contributed by atoms with Crippen molar-refractivity contribution in [1.82, 2.24) is 9.97 Å². The molecule has 0 saturated heterocycles. The van der Waals surface area contributed by atoms with Gasteiger partial charge in [-0.05, 0) is 23.9 Å². The summed E-state index contributed by atoms with van der Waals surface area (Å²) in [7, 11) is 0. The van der Waals surface area contributed by atoms with Gasteiger partial charge in [-0.15, -0.1) is 11.3 Å². The van der Waals surface area contributed by atoms with Crippen molar-refractivity contribution in [3.8, 4) is 0 Å². The molecule has 0 fully saturated rings. The number of rotatable bonds is 4. The maximum atomic E-state index is 5.82. The van der Waals surface area contributed by atoms with Crippen LogP contribution in [0.15, 0.2) is 35.1 Å². The molecule has 1 unspecified atom stereocenters. The van der Waals surface area contributed by atoms with E-state index in [0.29, 0.717) is 6.54 Å². The number of thioether (sulfide) groups is 1. The molecule has 2 N–H and O–H groups in total. The van der Waals surface area contributed by atoms with E-state index >= 15 is 0 Å². The second-order valence-electron chi connectivity index (χ2n) is 3.35. The van der Waals surface area contributed by atoms with Gasteiger partial charge in [0, 0.05) is 23.8 Å². The van der Waals surface area contributed by atoms with Crippen molar-refractivity contribution in [2.75, 3.05) is 6.54 Å². The number of hydrogen-bond donors (Lipinski definition) is 1. The molecule has 0 aliphatic heterocycles. The summed E-state index contributed by atoms with van der Waals surface area (Å²) in [6.45, 7) is 2.73. The molecular formula is C11H13N3S2. The van der Waals surface area contributed by atoms with E-state index in [4.69, 9.17) is 5.73 Å². The third kappa shape index (κ3) is 2.61. The van der Waals surface area contributed by atoms with Gasteiger partial charge in [-0.1, -0.05) is 11.8 Å². The molecule has 3 nitrogen and oxygen atoms in total. The summed E-state index contributed by atoms with van der Waals surface area (Å²) in [5.41, 5.74) is 7.12. The zero-order chi connectivity index (χ0) is 11.4. The summed E-state index contributed by atoms with van der Waals surface area (Å²) >= 11 is 3.42. The topological polar surface area (TPSA) is 51.8 Å². The summed E-state index contributed by atoms with van der Waals surface area (Å²) in [4.78, 5) is 9.64. The van der Waals surface area contributed by atoms with E-state index < -0.39 is 0 Å². The molecule has 5 heteroatoms. The van der Waals surface area contributed by atoms with E-state index in [9.17, 15) is 0 Å². The zero-order valence-corrected chi connectivity index (χ0v) is 10.6. The molecule has 0 aliphatic rings. The van der Waals surface area contributed by atoms with Gasteiger partial charge in [-0.3, -0.25) is 4.98 Å². The quantitative estimate of drug-likeness (QED) is 0.849. The lowest BCUT2D eigenvalue weighted by atomic mass is 10.2. The molecule has 0 amide bonds. The van der Waals surface area contributed by atoms with Crippen LogP contribution in [0.5, 0.6) is 0 Å². The van der Waals surface area contributed by atoms with Crippen LogP contribution >= 0.6 is 23.1 Å². The van der Waals surface area contributed by atoms with E-state index in [1.54, 1.807) is 41.7 Å². The van der Waals surface area contributed by atoms with Crippen molar-refractivity contribution in [2.45, 2.75) is 17.2 Å². The predicted octanol–water partition coefficient (Wildman–Crippen LogP) is 2.64. The molecule has 84 valence electrons. The number of nitrogens with zero attached hydrogens (tertiary/aromatic N) is 2. The van der Waals surface area contributed by atoms with Crippen molar-refractivity contribution < 1.29 is 0 Å². The van der Waals surface area contributed by atoms with Gasteiger partial charge >= 0.3 is 0 Å². The molecule has 1 atom stereocenters. The van der Waals surface area contributed by atoms with Crippen molar-refractivity contribution >= 4 is 23.1 Å². The minimum Gasteiger partial charge on any atom is -0.329 e. The zero-order valence-electron chi connectivity index (χ0n) is 8.96. The summed E-state index contributed by atoms with van der Waals surface area (Å²) in [5.74, 6) is 0. The second-order valence-corrected chi connectivity index (χ2v) is 5.52. The number of aryl methyl sites for hydroxylation is 1. The maximum absolute atomic E-state index is 5.82. The summed E-state index contributed by atoms with van der Waals surface area (Å²) in [5, 5.41) is 3.30. The Morgan fingerprint density at radius 3 is 2.94 bits per heavy atom. The fourth-order valence-electron chi connectivity index (χ4n) is 1.41. The van der Waals surface area contributed by atoms with Crippen LogP contribution in [-0.2, 0) is 0 Å². The van der Waals surface area contributed by atoms with Crippen LogP contribution in [0.25, 0.3) is 0 Å². The van der Waals surface area contributed by atoms with Crippen LogP contribution in [0.3, 0.4) is 0 Å². The first-order chi connectivity index (χ1) is 7.81. The van der Waals surface area contributed by atoms with Crippen LogP contribution in [0, 0.1) is 6.92 Å². The van der Waals surface area contributed by atoms with E-state index in [0.717, 1.165) is 5.03 Å². The number of hydrogen-bond acceptors (Lipinski definition) is 5. The summed E-state index contributed by atoms with van der Waals surface area (Å²) in [6, 6.07) is 2.12. The SMILES string of the molecule is Cc1ccsc1C(CN)Sc1cnccn1. The Bertz CT molecular complexity index is 442. The van der Waals surface area contributed by atoms with E-state index in [1.165, 1.54) is 10.4 Å². The Morgan fingerprint density at radius 1 is 1.50 bits per heavy atom. The fraction of sp³-hybridized carbons (Fsp3) is 0.273. The minimum absolute atomic E-state index is 0.275.